The lowest BCUT2D eigenvalue weighted by atomic mass is 9.64. The Morgan fingerprint density at radius 1 is 1.25 bits per heavy atom. The second-order valence-corrected chi connectivity index (χ2v) is 4.93. The van der Waals surface area contributed by atoms with Crippen molar-refractivity contribution < 1.29 is 36.2 Å². The fourth-order valence-corrected chi connectivity index (χ4v) is 2.51. The van der Waals surface area contributed by atoms with E-state index in [4.69, 9.17) is 5.11 Å². The summed E-state index contributed by atoms with van der Waals surface area (Å²) in [5.41, 5.74) is -3.03. The maximum Gasteiger partial charge on any atom is 0.403 e. The first-order valence-corrected chi connectivity index (χ1v) is 5.90. The van der Waals surface area contributed by atoms with Crippen molar-refractivity contribution in [1.29, 1.82) is 0 Å². The first kappa shape index (κ1) is 17.1. The molecule has 0 aromatic heterocycles. The minimum Gasteiger partial charge on any atom is -0.400 e. The predicted molar refractivity (Wildman–Crippen MR) is 56.9 cm³/mol. The third-order valence-electron chi connectivity index (χ3n) is 3.49. The van der Waals surface area contributed by atoms with Gasteiger partial charge in [0.15, 0.2) is 5.41 Å². The standard InChI is InChI=1S/C10H11F6NO.CH4O/c11-6-1-2-17(3-6)7(18)8(10(14,15)16)4-9(12,13)5-8;1-2/h6H,1-5H2;2H,1H3. The first-order chi connectivity index (χ1) is 9.07. The molecule has 0 bridgehead atoms. The Labute approximate surface area is 111 Å². The highest BCUT2D eigenvalue weighted by Gasteiger charge is 2.74. The summed E-state index contributed by atoms with van der Waals surface area (Å²) in [5.74, 6) is -4.89. The molecule has 0 aromatic rings. The van der Waals surface area contributed by atoms with Gasteiger partial charge in [0.05, 0.1) is 6.54 Å². The fraction of sp³-hybridized carbons (Fsp3) is 0.909. The number of likely N-dealkylation sites (tertiary alicyclic amines) is 1. The Kier molecular flexibility index (Phi) is 4.62. The van der Waals surface area contributed by atoms with Crippen LogP contribution in [0.2, 0.25) is 0 Å². The van der Waals surface area contributed by atoms with Crippen LogP contribution in [-0.4, -0.2) is 54.4 Å². The van der Waals surface area contributed by atoms with Crippen molar-refractivity contribution >= 4 is 5.91 Å². The second-order valence-electron chi connectivity index (χ2n) is 4.93. The van der Waals surface area contributed by atoms with E-state index in [1.165, 1.54) is 0 Å². The number of halogens is 6. The van der Waals surface area contributed by atoms with E-state index < -0.39 is 49.0 Å². The molecule has 1 N–H and O–H groups in total. The van der Waals surface area contributed by atoms with Crippen LogP contribution in [-0.2, 0) is 4.79 Å². The maximum absolute atomic E-state index is 12.9. The zero-order valence-corrected chi connectivity index (χ0v) is 10.7. The average Bonchev–Trinajstić information content (AvgIpc) is 2.72. The van der Waals surface area contributed by atoms with Crippen LogP contribution in [0.4, 0.5) is 26.3 Å². The van der Waals surface area contributed by atoms with Gasteiger partial charge in [-0.2, -0.15) is 13.2 Å². The number of nitrogens with zero attached hydrogens (tertiary/aromatic N) is 1. The predicted octanol–water partition coefficient (Wildman–Crippen LogP) is 2.14. The number of carbonyl (C=O) groups is 1. The molecule has 20 heavy (non-hydrogen) atoms. The van der Waals surface area contributed by atoms with E-state index in [0.29, 0.717) is 4.90 Å². The molecule has 1 aliphatic carbocycles. The molecule has 1 unspecified atom stereocenters. The zero-order chi connectivity index (χ0) is 15.8. The largest absolute Gasteiger partial charge is 0.403 e. The van der Waals surface area contributed by atoms with Crippen molar-refractivity contribution in [2.24, 2.45) is 5.41 Å². The van der Waals surface area contributed by atoms with Crippen LogP contribution in [0, 0.1) is 5.41 Å². The van der Waals surface area contributed by atoms with Crippen molar-refractivity contribution in [2.45, 2.75) is 37.5 Å². The van der Waals surface area contributed by atoms with Crippen molar-refractivity contribution in [3.05, 3.63) is 0 Å². The fourth-order valence-electron chi connectivity index (χ4n) is 2.51. The highest BCUT2D eigenvalue weighted by Crippen LogP contribution is 2.61. The number of hydrogen-bond donors (Lipinski definition) is 1. The lowest BCUT2D eigenvalue weighted by molar-refractivity contribution is -0.299. The first-order valence-electron chi connectivity index (χ1n) is 5.90. The third kappa shape index (κ3) is 2.87. The third-order valence-corrected chi connectivity index (χ3v) is 3.49. The summed E-state index contributed by atoms with van der Waals surface area (Å²) in [6.07, 6.45) is -9.51. The summed E-state index contributed by atoms with van der Waals surface area (Å²) < 4.78 is 76.8. The van der Waals surface area contributed by atoms with Gasteiger partial charge in [-0.3, -0.25) is 4.79 Å². The summed E-state index contributed by atoms with van der Waals surface area (Å²) in [6, 6.07) is 0. The highest BCUT2D eigenvalue weighted by molar-refractivity contribution is 5.85. The van der Waals surface area contributed by atoms with E-state index in [-0.39, 0.29) is 13.0 Å². The minimum absolute atomic E-state index is 0.0456. The van der Waals surface area contributed by atoms with E-state index in [9.17, 15) is 31.1 Å². The molecular weight excluding hydrogens is 292 g/mol. The van der Waals surface area contributed by atoms with Crippen molar-refractivity contribution in [3.8, 4) is 0 Å². The molecule has 1 heterocycles. The Bertz CT molecular complexity index is 362. The molecular formula is C11H15F6NO2. The minimum atomic E-state index is -5.03. The molecule has 1 amide bonds. The number of alkyl halides is 6. The van der Waals surface area contributed by atoms with Crippen molar-refractivity contribution in [3.63, 3.8) is 0 Å². The van der Waals surface area contributed by atoms with Crippen LogP contribution in [0.1, 0.15) is 19.3 Å². The molecule has 1 atom stereocenters. The zero-order valence-electron chi connectivity index (χ0n) is 10.7. The lowest BCUT2D eigenvalue weighted by Gasteiger charge is -2.47. The van der Waals surface area contributed by atoms with Crippen LogP contribution in [0.5, 0.6) is 0 Å². The maximum atomic E-state index is 12.9. The SMILES string of the molecule is CO.O=C(N1CCC(F)C1)C1(C(F)(F)F)CC(F)(F)C1. The van der Waals surface area contributed by atoms with E-state index in [2.05, 4.69) is 0 Å². The van der Waals surface area contributed by atoms with Crippen LogP contribution in [0.3, 0.4) is 0 Å². The van der Waals surface area contributed by atoms with Gasteiger partial charge in [-0.05, 0) is 6.42 Å². The monoisotopic (exact) mass is 307 g/mol. The topological polar surface area (TPSA) is 40.5 Å². The van der Waals surface area contributed by atoms with Crippen LogP contribution in [0.25, 0.3) is 0 Å². The number of hydrogen-bond acceptors (Lipinski definition) is 2. The molecule has 2 aliphatic rings. The quantitative estimate of drug-likeness (QED) is 0.754. The number of amides is 1. The van der Waals surface area contributed by atoms with E-state index in [1.807, 2.05) is 0 Å². The molecule has 1 saturated heterocycles. The van der Waals surface area contributed by atoms with Gasteiger partial charge in [0.25, 0.3) is 5.92 Å². The molecule has 2 fully saturated rings. The molecule has 0 aromatic carbocycles. The van der Waals surface area contributed by atoms with Gasteiger partial charge in [-0.25, -0.2) is 13.2 Å². The average molecular weight is 307 g/mol. The Hall–Kier alpha value is -0.990. The molecule has 0 spiro atoms. The Morgan fingerprint density at radius 3 is 2.05 bits per heavy atom. The molecule has 0 radical (unpaired) electrons. The smallest absolute Gasteiger partial charge is 0.400 e. The summed E-state index contributed by atoms with van der Waals surface area (Å²) in [5, 5.41) is 7.00. The number of aliphatic hydroxyl groups is 1. The van der Waals surface area contributed by atoms with Gasteiger partial charge >= 0.3 is 6.18 Å². The van der Waals surface area contributed by atoms with Gasteiger partial charge < -0.3 is 10.0 Å². The van der Waals surface area contributed by atoms with Gasteiger partial charge in [-0.15, -0.1) is 0 Å². The van der Waals surface area contributed by atoms with Crippen molar-refractivity contribution in [2.75, 3.05) is 20.2 Å². The van der Waals surface area contributed by atoms with E-state index >= 15 is 0 Å². The summed E-state index contributed by atoms with van der Waals surface area (Å²) in [7, 11) is 1.00. The highest BCUT2D eigenvalue weighted by atomic mass is 19.4. The van der Waals surface area contributed by atoms with Gasteiger partial charge in [0.1, 0.15) is 6.17 Å². The van der Waals surface area contributed by atoms with Crippen LogP contribution >= 0.6 is 0 Å². The molecule has 3 nitrogen and oxygen atoms in total. The Morgan fingerprint density at radius 2 is 1.75 bits per heavy atom. The lowest BCUT2D eigenvalue weighted by Crippen LogP contribution is -2.62. The number of carbonyl (C=O) groups excluding carboxylic acids is 1. The van der Waals surface area contributed by atoms with Gasteiger partial charge in [-0.1, -0.05) is 0 Å². The van der Waals surface area contributed by atoms with E-state index in [0.717, 1.165) is 7.11 Å². The summed E-state index contributed by atoms with van der Waals surface area (Å²) in [6.45, 7) is -0.592. The summed E-state index contributed by atoms with van der Waals surface area (Å²) >= 11 is 0. The number of rotatable bonds is 1. The second kappa shape index (κ2) is 5.42. The van der Waals surface area contributed by atoms with Gasteiger partial charge in [0, 0.05) is 26.5 Å². The molecule has 9 heteroatoms. The molecule has 1 aliphatic heterocycles. The van der Waals surface area contributed by atoms with Gasteiger partial charge in [0.2, 0.25) is 5.91 Å². The molecule has 118 valence electrons. The van der Waals surface area contributed by atoms with Crippen LogP contribution in [0.15, 0.2) is 0 Å². The number of aliphatic hydroxyl groups excluding tert-OH is 1. The van der Waals surface area contributed by atoms with E-state index in [1.54, 1.807) is 0 Å². The van der Waals surface area contributed by atoms with Crippen molar-refractivity contribution in [1.82, 2.24) is 4.90 Å². The van der Waals surface area contributed by atoms with Crippen LogP contribution < -0.4 is 0 Å². The molecule has 2 rings (SSSR count). The molecule has 1 saturated carbocycles. The Balaban J connectivity index is 0.000000956. The normalized spacial score (nSPS) is 27.4. The summed E-state index contributed by atoms with van der Waals surface area (Å²) in [4.78, 5) is 12.4.